The Labute approximate surface area is 236 Å². The molecule has 1 aromatic heterocycles. The van der Waals surface area contributed by atoms with E-state index in [9.17, 15) is 28.0 Å². The second-order valence-corrected chi connectivity index (χ2v) is 10.3. The minimum absolute atomic E-state index is 0.0667. The summed E-state index contributed by atoms with van der Waals surface area (Å²) < 4.78 is 35.4. The Morgan fingerprint density at radius 3 is 2.54 bits per heavy atom. The number of hydrogen-bond donors (Lipinski definition) is 3. The van der Waals surface area contributed by atoms with Crippen molar-refractivity contribution in [3.63, 3.8) is 0 Å². The fraction of sp³-hybridized carbons (Fsp3) is 0.400. The highest BCUT2D eigenvalue weighted by molar-refractivity contribution is 6.00. The van der Waals surface area contributed by atoms with Gasteiger partial charge in [0.25, 0.3) is 5.91 Å². The lowest BCUT2D eigenvalue weighted by molar-refractivity contribution is -0.145. The molecule has 0 saturated carbocycles. The van der Waals surface area contributed by atoms with E-state index in [1.165, 1.54) is 13.3 Å². The molecule has 2 amide bonds. The minimum atomic E-state index is -1.17. The van der Waals surface area contributed by atoms with Gasteiger partial charge in [-0.1, -0.05) is 30.3 Å². The molecule has 2 aromatic carbocycles. The van der Waals surface area contributed by atoms with Crippen LogP contribution in [0.4, 0.5) is 8.78 Å². The van der Waals surface area contributed by atoms with Crippen LogP contribution in [0, 0.1) is 11.6 Å². The molecule has 0 fully saturated rings. The molecule has 0 spiro atoms. The average Bonchev–Trinajstić information content (AvgIpc) is 2.97. The number of rotatable bonds is 11. The molecule has 4 N–H and O–H groups in total. The van der Waals surface area contributed by atoms with Crippen LogP contribution in [0.2, 0.25) is 0 Å². The lowest BCUT2D eigenvalue weighted by atomic mass is 9.95. The Kier molecular flexibility index (Phi) is 9.49. The number of pyridine rings is 1. The van der Waals surface area contributed by atoms with Gasteiger partial charge in [0.05, 0.1) is 12.6 Å². The Hall–Kier alpha value is -4.12. The lowest BCUT2D eigenvalue weighted by Gasteiger charge is -2.27. The van der Waals surface area contributed by atoms with E-state index in [2.05, 4.69) is 10.6 Å². The minimum Gasteiger partial charge on any atom is -0.467 e. The van der Waals surface area contributed by atoms with Crippen LogP contribution in [-0.2, 0) is 27.2 Å². The molecule has 0 saturated heterocycles. The monoisotopic (exact) mass is 568 g/mol. The number of esters is 1. The van der Waals surface area contributed by atoms with Crippen LogP contribution in [0.3, 0.4) is 0 Å². The number of halogens is 2. The number of nitrogens with one attached hydrogen (secondary N) is 2. The third kappa shape index (κ3) is 6.45. The molecule has 0 bridgehead atoms. The molecule has 3 aromatic rings. The van der Waals surface area contributed by atoms with Crippen molar-refractivity contribution in [1.29, 1.82) is 0 Å². The maximum atomic E-state index is 14.6. The maximum absolute atomic E-state index is 14.6. The number of benzene rings is 2. The summed E-state index contributed by atoms with van der Waals surface area (Å²) in [4.78, 5) is 52.8. The van der Waals surface area contributed by atoms with Crippen molar-refractivity contribution in [1.82, 2.24) is 15.2 Å². The molecule has 11 heteroatoms. The van der Waals surface area contributed by atoms with E-state index in [1.54, 1.807) is 34.9 Å². The van der Waals surface area contributed by atoms with Gasteiger partial charge in [-0.3, -0.25) is 14.4 Å². The lowest BCUT2D eigenvalue weighted by Crippen LogP contribution is -2.53. The van der Waals surface area contributed by atoms with E-state index in [4.69, 9.17) is 10.5 Å². The van der Waals surface area contributed by atoms with E-state index in [1.807, 2.05) is 6.92 Å². The average molecular weight is 569 g/mol. The van der Waals surface area contributed by atoms with Gasteiger partial charge in [-0.05, 0) is 57.2 Å². The predicted molar refractivity (Wildman–Crippen MR) is 149 cm³/mol. The van der Waals surface area contributed by atoms with Crippen molar-refractivity contribution in [3.8, 4) is 0 Å². The summed E-state index contributed by atoms with van der Waals surface area (Å²) in [5.41, 5.74) is 5.58. The Bertz CT molecular complexity index is 1510. The normalized spacial score (nSPS) is 15.7. The number of aryl methyl sites for hydroxylation is 1. The Morgan fingerprint density at radius 1 is 1.12 bits per heavy atom. The first-order valence-corrected chi connectivity index (χ1v) is 13.6. The topological polar surface area (TPSA) is 133 Å². The number of hydrogen-bond acceptors (Lipinski definition) is 6. The summed E-state index contributed by atoms with van der Waals surface area (Å²) in [5, 5.41) is 5.20. The zero-order valence-electron chi connectivity index (χ0n) is 23.0. The van der Waals surface area contributed by atoms with Gasteiger partial charge in [0.15, 0.2) is 11.6 Å². The number of methoxy groups -OCH3 is 1. The highest BCUT2D eigenvalue weighted by atomic mass is 19.2. The zero-order chi connectivity index (χ0) is 29.7. The van der Waals surface area contributed by atoms with Crippen molar-refractivity contribution >= 4 is 28.7 Å². The van der Waals surface area contributed by atoms with Gasteiger partial charge in [-0.25, -0.2) is 13.6 Å². The number of unbranched alkanes of at least 4 members (excludes halogenated alkanes) is 1. The summed E-state index contributed by atoms with van der Waals surface area (Å²) in [5.74, 6) is -4.28. The predicted octanol–water partition coefficient (Wildman–Crippen LogP) is 2.91. The van der Waals surface area contributed by atoms with Crippen molar-refractivity contribution < 1.29 is 27.9 Å². The van der Waals surface area contributed by atoms with Gasteiger partial charge in [-0.2, -0.15) is 0 Å². The van der Waals surface area contributed by atoms with Gasteiger partial charge in [0.1, 0.15) is 17.6 Å². The molecule has 41 heavy (non-hydrogen) atoms. The zero-order valence-corrected chi connectivity index (χ0v) is 23.0. The number of nitrogens with two attached hydrogens (primary N) is 1. The summed E-state index contributed by atoms with van der Waals surface area (Å²) in [7, 11) is 1.22. The van der Waals surface area contributed by atoms with Crippen molar-refractivity contribution in [2.75, 3.05) is 13.7 Å². The first kappa shape index (κ1) is 29.9. The number of carbonyl (C=O) groups is 3. The van der Waals surface area contributed by atoms with Crippen LogP contribution < -0.4 is 21.8 Å². The number of nitrogens with zero attached hydrogens (tertiary/aromatic N) is 1. The summed E-state index contributed by atoms with van der Waals surface area (Å²) in [6.07, 6.45) is 3.66. The number of carbonyl (C=O) groups excluding carboxylic acids is 3. The SMILES string of the molecule is COC(=O)C(CCCCN)NC(=O)C(Cc1ccccc1)NC(=O)c1cn2c3c(c(F)c(F)cc3c1=O)CCC2C. The van der Waals surface area contributed by atoms with E-state index in [0.29, 0.717) is 32.2 Å². The first-order valence-electron chi connectivity index (χ1n) is 13.6. The van der Waals surface area contributed by atoms with Gasteiger partial charge in [0, 0.05) is 29.6 Å². The van der Waals surface area contributed by atoms with Crippen molar-refractivity contribution in [2.45, 2.75) is 63.6 Å². The van der Waals surface area contributed by atoms with Crippen LogP contribution in [0.5, 0.6) is 0 Å². The van der Waals surface area contributed by atoms with E-state index in [0.717, 1.165) is 11.6 Å². The summed E-state index contributed by atoms with van der Waals surface area (Å²) in [6, 6.07) is 7.44. The van der Waals surface area contributed by atoms with Crippen molar-refractivity contribution in [3.05, 3.63) is 81.1 Å². The molecule has 1 aliphatic heterocycles. The van der Waals surface area contributed by atoms with E-state index >= 15 is 0 Å². The number of ether oxygens (including phenoxy) is 1. The molecular formula is C30H34F2N4O5. The molecule has 1 aliphatic rings. The summed E-state index contributed by atoms with van der Waals surface area (Å²) >= 11 is 0. The third-order valence-corrected chi connectivity index (χ3v) is 7.49. The van der Waals surface area contributed by atoms with Crippen LogP contribution >= 0.6 is 0 Å². The molecule has 3 atom stereocenters. The highest BCUT2D eigenvalue weighted by Crippen LogP contribution is 2.32. The van der Waals surface area contributed by atoms with E-state index < -0.39 is 46.9 Å². The van der Waals surface area contributed by atoms with Crippen LogP contribution in [0.25, 0.3) is 10.9 Å². The molecule has 2 heterocycles. The van der Waals surface area contributed by atoms with Crippen LogP contribution in [-0.4, -0.2) is 48.1 Å². The molecule has 218 valence electrons. The molecule has 9 nitrogen and oxygen atoms in total. The van der Waals surface area contributed by atoms with Gasteiger partial charge < -0.3 is 25.7 Å². The van der Waals surface area contributed by atoms with Crippen molar-refractivity contribution in [2.24, 2.45) is 5.73 Å². The fourth-order valence-electron chi connectivity index (χ4n) is 5.23. The molecule has 4 rings (SSSR count). The number of aromatic nitrogens is 1. The second-order valence-electron chi connectivity index (χ2n) is 10.3. The third-order valence-electron chi connectivity index (χ3n) is 7.49. The smallest absolute Gasteiger partial charge is 0.328 e. The molecule has 0 radical (unpaired) electrons. The highest BCUT2D eigenvalue weighted by Gasteiger charge is 2.30. The van der Waals surface area contributed by atoms with Gasteiger partial charge in [-0.15, -0.1) is 0 Å². The largest absolute Gasteiger partial charge is 0.467 e. The second kappa shape index (κ2) is 13.0. The first-order chi connectivity index (χ1) is 19.7. The standard InChI is InChI=1S/C30H34F2N4O5/c1-17-11-12-19-25(32)22(31)15-20-26(19)36(17)16-21(27(20)37)28(38)35-24(14-18-8-4-3-5-9-18)29(39)34-23(30(40)41-2)10-6-7-13-33/h3-5,8-9,15-17,23-24H,6-7,10-14,33H2,1-2H3,(H,34,39)(H,35,38). The molecular weight excluding hydrogens is 534 g/mol. The Balaban J connectivity index is 1.68. The quantitative estimate of drug-likeness (QED) is 0.241. The summed E-state index contributed by atoms with van der Waals surface area (Å²) in [6.45, 7) is 2.29. The van der Waals surface area contributed by atoms with Crippen LogP contribution in [0.15, 0.2) is 47.4 Å². The number of amides is 2. The Morgan fingerprint density at radius 2 is 1.85 bits per heavy atom. The maximum Gasteiger partial charge on any atom is 0.328 e. The fourth-order valence-corrected chi connectivity index (χ4v) is 5.23. The van der Waals surface area contributed by atoms with E-state index in [-0.39, 0.29) is 40.9 Å². The van der Waals surface area contributed by atoms with Crippen LogP contribution in [0.1, 0.15) is 60.1 Å². The molecule has 3 unspecified atom stereocenters. The van der Waals surface area contributed by atoms with Gasteiger partial charge in [0.2, 0.25) is 11.3 Å². The van der Waals surface area contributed by atoms with Gasteiger partial charge >= 0.3 is 5.97 Å². The molecule has 0 aliphatic carbocycles.